The zero-order chi connectivity index (χ0) is 15.2. The van der Waals surface area contributed by atoms with Gasteiger partial charge >= 0.3 is 5.97 Å². The number of hydrogen-bond acceptors (Lipinski definition) is 3. The first-order valence-corrected chi connectivity index (χ1v) is 7.01. The van der Waals surface area contributed by atoms with Crippen LogP contribution < -0.4 is 10.1 Å². The summed E-state index contributed by atoms with van der Waals surface area (Å²) >= 11 is 3.31. The van der Waals surface area contributed by atoms with Crippen LogP contribution in [0.2, 0.25) is 0 Å². The number of rotatable bonds is 6. The first kappa shape index (κ1) is 15.3. The lowest BCUT2D eigenvalue weighted by molar-refractivity contribution is 0.0692. The Morgan fingerprint density at radius 1 is 1.29 bits per heavy atom. The number of carboxylic acids is 1. The second-order valence-corrected chi connectivity index (χ2v) is 5.06. The first-order chi connectivity index (χ1) is 10.1. The van der Waals surface area contributed by atoms with Crippen molar-refractivity contribution in [3.05, 3.63) is 58.3 Å². The van der Waals surface area contributed by atoms with Gasteiger partial charge in [-0.3, -0.25) is 0 Å². The van der Waals surface area contributed by atoms with E-state index in [0.29, 0.717) is 18.0 Å². The number of hydrogen-bond donors (Lipinski definition) is 2. The largest absolute Gasteiger partial charge is 0.491 e. The number of para-hydroxylation sites is 1. The van der Waals surface area contributed by atoms with Gasteiger partial charge in [-0.2, -0.15) is 0 Å². The van der Waals surface area contributed by atoms with Crippen molar-refractivity contribution in [2.24, 2.45) is 0 Å². The van der Waals surface area contributed by atoms with Gasteiger partial charge in [-0.15, -0.1) is 0 Å². The average Bonchev–Trinajstić information content (AvgIpc) is 2.47. The van der Waals surface area contributed by atoms with Crippen LogP contribution in [0.15, 0.2) is 46.9 Å². The van der Waals surface area contributed by atoms with Crippen LogP contribution in [0, 0.1) is 5.82 Å². The van der Waals surface area contributed by atoms with Gasteiger partial charge in [0.15, 0.2) is 0 Å². The quantitative estimate of drug-likeness (QED) is 0.776. The van der Waals surface area contributed by atoms with Crippen LogP contribution in [0.5, 0.6) is 5.75 Å². The molecule has 0 aliphatic carbocycles. The van der Waals surface area contributed by atoms with Gasteiger partial charge in [0.25, 0.3) is 0 Å². The van der Waals surface area contributed by atoms with Crippen molar-refractivity contribution < 1.29 is 19.0 Å². The van der Waals surface area contributed by atoms with Gasteiger partial charge in [0.2, 0.25) is 0 Å². The molecule has 0 saturated carbocycles. The van der Waals surface area contributed by atoms with Crippen molar-refractivity contribution in [1.29, 1.82) is 0 Å². The van der Waals surface area contributed by atoms with Crippen LogP contribution in [0.25, 0.3) is 0 Å². The van der Waals surface area contributed by atoms with Gasteiger partial charge in [0, 0.05) is 11.0 Å². The van der Waals surface area contributed by atoms with Crippen LogP contribution >= 0.6 is 15.9 Å². The highest BCUT2D eigenvalue weighted by molar-refractivity contribution is 9.10. The highest BCUT2D eigenvalue weighted by atomic mass is 79.9. The van der Waals surface area contributed by atoms with E-state index in [9.17, 15) is 9.18 Å². The standard InChI is InChI=1S/C15H13BrFNO3/c16-12-6-5-10(17)9-13(12)18-7-8-21-14-4-2-1-3-11(14)15(19)20/h1-6,9,18H,7-8H2,(H,19,20). The molecule has 21 heavy (non-hydrogen) atoms. The molecule has 0 fully saturated rings. The number of benzene rings is 2. The topological polar surface area (TPSA) is 58.6 Å². The third kappa shape index (κ3) is 4.19. The first-order valence-electron chi connectivity index (χ1n) is 6.22. The predicted molar refractivity (Wildman–Crippen MR) is 81.5 cm³/mol. The number of carbonyl (C=O) groups is 1. The lowest BCUT2D eigenvalue weighted by atomic mass is 10.2. The van der Waals surface area contributed by atoms with Crippen molar-refractivity contribution >= 4 is 27.6 Å². The number of anilines is 1. The molecule has 2 aromatic carbocycles. The molecule has 2 rings (SSSR count). The second-order valence-electron chi connectivity index (χ2n) is 4.20. The molecule has 6 heteroatoms. The van der Waals surface area contributed by atoms with Gasteiger partial charge < -0.3 is 15.2 Å². The zero-order valence-electron chi connectivity index (χ0n) is 11.0. The molecule has 0 aliphatic rings. The van der Waals surface area contributed by atoms with E-state index in [2.05, 4.69) is 21.2 Å². The maximum Gasteiger partial charge on any atom is 0.339 e. The molecule has 0 radical (unpaired) electrons. The van der Waals surface area contributed by atoms with Gasteiger partial charge in [0.05, 0.1) is 5.69 Å². The molecule has 0 unspecified atom stereocenters. The Balaban J connectivity index is 1.91. The summed E-state index contributed by atoms with van der Waals surface area (Å²) in [7, 11) is 0. The van der Waals surface area contributed by atoms with Crippen LogP contribution in [0.3, 0.4) is 0 Å². The van der Waals surface area contributed by atoms with E-state index < -0.39 is 5.97 Å². The summed E-state index contributed by atoms with van der Waals surface area (Å²) in [6.07, 6.45) is 0. The fourth-order valence-corrected chi connectivity index (χ4v) is 2.14. The van der Waals surface area contributed by atoms with Gasteiger partial charge in [0.1, 0.15) is 23.7 Å². The molecular formula is C15H13BrFNO3. The van der Waals surface area contributed by atoms with Crippen molar-refractivity contribution in [2.75, 3.05) is 18.5 Å². The SMILES string of the molecule is O=C(O)c1ccccc1OCCNc1cc(F)ccc1Br. The lowest BCUT2D eigenvalue weighted by Crippen LogP contribution is -2.13. The minimum atomic E-state index is -1.04. The Morgan fingerprint density at radius 2 is 2.05 bits per heavy atom. The van der Waals surface area contributed by atoms with Crippen LogP contribution in [-0.2, 0) is 0 Å². The van der Waals surface area contributed by atoms with Gasteiger partial charge in [-0.1, -0.05) is 12.1 Å². The van der Waals surface area contributed by atoms with Crippen LogP contribution in [0.4, 0.5) is 10.1 Å². The zero-order valence-corrected chi connectivity index (χ0v) is 12.6. The smallest absolute Gasteiger partial charge is 0.339 e. The van der Waals surface area contributed by atoms with E-state index in [0.717, 1.165) is 4.47 Å². The third-order valence-corrected chi connectivity index (χ3v) is 3.41. The Bertz CT molecular complexity index is 649. The summed E-state index contributed by atoms with van der Waals surface area (Å²) in [4.78, 5) is 11.0. The number of carboxylic acid groups (broad SMARTS) is 1. The van der Waals surface area contributed by atoms with Crippen molar-refractivity contribution in [3.63, 3.8) is 0 Å². The molecule has 0 aliphatic heterocycles. The molecule has 4 nitrogen and oxygen atoms in total. The molecule has 2 aromatic rings. The number of nitrogens with one attached hydrogen (secondary N) is 1. The molecule has 110 valence electrons. The maximum atomic E-state index is 13.1. The lowest BCUT2D eigenvalue weighted by Gasteiger charge is -2.11. The summed E-state index contributed by atoms with van der Waals surface area (Å²) < 4.78 is 19.3. The minimum Gasteiger partial charge on any atom is -0.491 e. The molecule has 0 aromatic heterocycles. The van der Waals surface area contributed by atoms with Crippen LogP contribution in [-0.4, -0.2) is 24.2 Å². The van der Waals surface area contributed by atoms with E-state index in [4.69, 9.17) is 9.84 Å². The second kappa shape index (κ2) is 7.08. The minimum absolute atomic E-state index is 0.115. The van der Waals surface area contributed by atoms with Crippen molar-refractivity contribution in [3.8, 4) is 5.75 Å². The molecular weight excluding hydrogens is 341 g/mol. The summed E-state index contributed by atoms with van der Waals surface area (Å²) in [5.41, 5.74) is 0.731. The maximum absolute atomic E-state index is 13.1. The fourth-order valence-electron chi connectivity index (χ4n) is 1.75. The normalized spacial score (nSPS) is 10.2. The van der Waals surface area contributed by atoms with Gasteiger partial charge in [-0.25, -0.2) is 9.18 Å². The summed E-state index contributed by atoms with van der Waals surface area (Å²) in [5, 5.41) is 12.0. The fraction of sp³-hybridized carbons (Fsp3) is 0.133. The molecule has 0 bridgehead atoms. The number of ether oxygens (including phenoxy) is 1. The molecule has 0 atom stereocenters. The Morgan fingerprint density at radius 3 is 2.81 bits per heavy atom. The Labute approximate surface area is 129 Å². The highest BCUT2D eigenvalue weighted by Crippen LogP contribution is 2.23. The predicted octanol–water partition coefficient (Wildman–Crippen LogP) is 3.78. The monoisotopic (exact) mass is 353 g/mol. The summed E-state index contributed by atoms with van der Waals surface area (Å²) in [6.45, 7) is 0.670. The molecule has 0 saturated heterocycles. The number of aromatic carboxylic acids is 1. The van der Waals surface area contributed by atoms with Crippen molar-refractivity contribution in [2.45, 2.75) is 0 Å². The van der Waals surface area contributed by atoms with E-state index in [1.54, 1.807) is 24.3 Å². The molecule has 0 amide bonds. The van der Waals surface area contributed by atoms with Crippen molar-refractivity contribution in [1.82, 2.24) is 0 Å². The Hall–Kier alpha value is -2.08. The Kier molecular flexibility index (Phi) is 5.16. The summed E-state index contributed by atoms with van der Waals surface area (Å²) in [5.74, 6) is -1.06. The van der Waals surface area contributed by atoms with Gasteiger partial charge in [-0.05, 0) is 46.3 Å². The number of halogens is 2. The molecule has 0 heterocycles. The average molecular weight is 354 g/mol. The van der Waals surface area contributed by atoms with E-state index in [-0.39, 0.29) is 18.0 Å². The third-order valence-electron chi connectivity index (χ3n) is 2.72. The van der Waals surface area contributed by atoms with E-state index >= 15 is 0 Å². The van der Waals surface area contributed by atoms with Crippen LogP contribution in [0.1, 0.15) is 10.4 Å². The summed E-state index contributed by atoms with van der Waals surface area (Å²) in [6, 6.07) is 10.8. The van der Waals surface area contributed by atoms with E-state index in [1.165, 1.54) is 18.2 Å². The van der Waals surface area contributed by atoms with E-state index in [1.807, 2.05) is 0 Å². The molecule has 0 spiro atoms. The molecule has 2 N–H and O–H groups in total. The highest BCUT2D eigenvalue weighted by Gasteiger charge is 2.09.